The van der Waals surface area contributed by atoms with Gasteiger partial charge in [-0.1, -0.05) is 23.2 Å². The molecule has 0 aromatic carbocycles. The third-order valence-corrected chi connectivity index (χ3v) is 2.41. The maximum atomic E-state index is 12.4. The van der Waals surface area contributed by atoms with Gasteiger partial charge in [-0.2, -0.15) is 43.9 Å². The first-order valence-electron chi connectivity index (χ1n) is 3.52. The Morgan fingerprint density at radius 3 is 0.778 bits per heavy atom. The van der Waals surface area contributed by atoms with Gasteiger partial charge < -0.3 is 0 Å². The van der Waals surface area contributed by atoms with E-state index >= 15 is 0 Å². The molecule has 0 aromatic heterocycles. The van der Waals surface area contributed by atoms with Gasteiger partial charge in [-0.15, -0.1) is 0 Å². The molecule has 0 amide bonds. The molecule has 0 heterocycles. The summed E-state index contributed by atoms with van der Waals surface area (Å²) >= 11 is 8.39. The van der Waals surface area contributed by atoms with Crippen molar-refractivity contribution in [2.45, 2.75) is 24.2 Å². The zero-order chi connectivity index (χ0) is 15.2. The van der Waals surface area contributed by atoms with Crippen LogP contribution in [0.2, 0.25) is 0 Å². The Morgan fingerprint density at radius 2 is 0.667 bits per heavy atom. The molecular weight excluding hydrogens is 333 g/mol. The Morgan fingerprint density at radius 1 is 0.500 bits per heavy atom. The third kappa shape index (κ3) is 2.95. The molecule has 0 rings (SSSR count). The van der Waals surface area contributed by atoms with Crippen LogP contribution in [0.15, 0.2) is 10.1 Å². The molecule has 0 aliphatic heterocycles. The van der Waals surface area contributed by atoms with E-state index in [0.717, 1.165) is 0 Å². The van der Waals surface area contributed by atoms with Crippen molar-refractivity contribution < 1.29 is 43.9 Å². The predicted octanol–water partition coefficient (Wildman–Crippen LogP) is 5.07. The van der Waals surface area contributed by atoms with E-state index < -0.39 is 34.3 Å². The van der Waals surface area contributed by atoms with Gasteiger partial charge in [0.2, 0.25) is 0 Å². The third-order valence-electron chi connectivity index (χ3n) is 1.46. The number of allylic oxidation sites excluding steroid dienone is 2. The van der Waals surface area contributed by atoms with Gasteiger partial charge in [0, 0.05) is 0 Å². The lowest BCUT2D eigenvalue weighted by atomic mass is 10.2. The van der Waals surface area contributed by atoms with Crippen LogP contribution < -0.4 is 0 Å². The number of hydrogen-bond acceptors (Lipinski definition) is 0. The standard InChI is InChI=1S/C6Cl2F10/c7-1(3(9,10)5(13,14)15)2(8)4(11,12)6(16,17)18/b2-1+. The molecule has 0 radical (unpaired) electrons. The second-order valence-electron chi connectivity index (χ2n) is 2.77. The van der Waals surface area contributed by atoms with Crippen LogP contribution in [0.3, 0.4) is 0 Å². The first kappa shape index (κ1) is 17.6. The highest BCUT2D eigenvalue weighted by molar-refractivity contribution is 6.40. The van der Waals surface area contributed by atoms with Gasteiger partial charge in [0.05, 0.1) is 0 Å². The molecule has 0 unspecified atom stereocenters. The van der Waals surface area contributed by atoms with Crippen LogP contribution in [0.25, 0.3) is 0 Å². The maximum Gasteiger partial charge on any atom is 0.459 e. The van der Waals surface area contributed by atoms with Crippen LogP contribution >= 0.6 is 23.2 Å². The summed E-state index contributed by atoms with van der Waals surface area (Å²) in [6, 6.07) is 0. The predicted molar refractivity (Wildman–Crippen MR) is 40.7 cm³/mol. The van der Waals surface area contributed by atoms with Gasteiger partial charge in [0.25, 0.3) is 0 Å². The zero-order valence-corrected chi connectivity index (χ0v) is 9.05. The van der Waals surface area contributed by atoms with Crippen molar-refractivity contribution in [1.82, 2.24) is 0 Å². The zero-order valence-electron chi connectivity index (χ0n) is 7.54. The van der Waals surface area contributed by atoms with Crippen molar-refractivity contribution >= 4 is 23.2 Å². The van der Waals surface area contributed by atoms with E-state index in [-0.39, 0.29) is 0 Å². The Bertz CT molecular complexity index is 314. The summed E-state index contributed by atoms with van der Waals surface area (Å²) in [6.07, 6.45) is -12.9. The van der Waals surface area contributed by atoms with E-state index in [0.29, 0.717) is 0 Å². The average Bonchev–Trinajstić information content (AvgIpc) is 2.11. The van der Waals surface area contributed by atoms with Gasteiger partial charge >= 0.3 is 24.2 Å². The lowest BCUT2D eigenvalue weighted by Gasteiger charge is -2.24. The normalized spacial score (nSPS) is 16.7. The minimum atomic E-state index is -6.47. The highest BCUT2D eigenvalue weighted by Gasteiger charge is 2.66. The summed E-state index contributed by atoms with van der Waals surface area (Å²) in [5, 5.41) is -6.28. The average molecular weight is 333 g/mol. The van der Waals surface area contributed by atoms with Crippen LogP contribution in [-0.4, -0.2) is 24.2 Å². The second-order valence-corrected chi connectivity index (χ2v) is 3.53. The van der Waals surface area contributed by atoms with E-state index in [4.69, 9.17) is 0 Å². The quantitative estimate of drug-likeness (QED) is 0.619. The van der Waals surface area contributed by atoms with Gasteiger partial charge in [-0.25, -0.2) is 0 Å². The van der Waals surface area contributed by atoms with Crippen molar-refractivity contribution in [2.24, 2.45) is 0 Å². The number of alkyl halides is 10. The topological polar surface area (TPSA) is 0 Å². The Balaban J connectivity index is 5.81. The lowest BCUT2D eigenvalue weighted by molar-refractivity contribution is -0.270. The van der Waals surface area contributed by atoms with Crippen molar-refractivity contribution in [3.8, 4) is 0 Å². The smallest absolute Gasteiger partial charge is 0.190 e. The van der Waals surface area contributed by atoms with Crippen molar-refractivity contribution in [3.05, 3.63) is 10.1 Å². The SMILES string of the molecule is FC(F)(F)C(F)(F)/C(Cl)=C(\Cl)C(F)(F)C(F)(F)F. The minimum Gasteiger partial charge on any atom is -0.190 e. The highest BCUT2D eigenvalue weighted by Crippen LogP contribution is 2.50. The molecule has 0 saturated heterocycles. The van der Waals surface area contributed by atoms with Crippen molar-refractivity contribution in [1.29, 1.82) is 0 Å². The Hall–Kier alpha value is -0.380. The lowest BCUT2D eigenvalue weighted by Crippen LogP contribution is -2.42. The fourth-order valence-electron chi connectivity index (χ4n) is 0.525. The summed E-state index contributed by atoms with van der Waals surface area (Å²) in [5.41, 5.74) is 0. The Labute approximate surface area is 102 Å². The van der Waals surface area contributed by atoms with Crippen molar-refractivity contribution in [2.75, 3.05) is 0 Å². The van der Waals surface area contributed by atoms with E-state index in [2.05, 4.69) is 23.2 Å². The first-order valence-corrected chi connectivity index (χ1v) is 4.27. The molecular formula is C6Cl2F10. The monoisotopic (exact) mass is 332 g/mol. The van der Waals surface area contributed by atoms with E-state index in [1.807, 2.05) is 0 Å². The molecule has 0 nitrogen and oxygen atoms in total. The van der Waals surface area contributed by atoms with Crippen LogP contribution in [0, 0.1) is 0 Å². The summed E-state index contributed by atoms with van der Waals surface area (Å²) in [6.45, 7) is 0. The molecule has 0 atom stereocenters. The highest BCUT2D eigenvalue weighted by atomic mass is 35.5. The molecule has 18 heavy (non-hydrogen) atoms. The molecule has 12 heteroatoms. The molecule has 108 valence electrons. The van der Waals surface area contributed by atoms with E-state index in [1.165, 1.54) is 0 Å². The van der Waals surface area contributed by atoms with Crippen LogP contribution in [-0.2, 0) is 0 Å². The van der Waals surface area contributed by atoms with Gasteiger partial charge in [-0.3, -0.25) is 0 Å². The number of halogens is 12. The molecule has 0 saturated carbocycles. The van der Waals surface area contributed by atoms with E-state index in [1.54, 1.807) is 0 Å². The molecule has 0 spiro atoms. The molecule has 0 N–H and O–H groups in total. The summed E-state index contributed by atoms with van der Waals surface area (Å²) in [4.78, 5) is 0. The fraction of sp³-hybridized carbons (Fsp3) is 0.667. The summed E-state index contributed by atoms with van der Waals surface area (Å²) in [5.74, 6) is -12.2. The molecule has 0 aromatic rings. The van der Waals surface area contributed by atoms with Gasteiger partial charge in [-0.05, 0) is 0 Å². The fourth-order valence-corrected chi connectivity index (χ4v) is 0.976. The van der Waals surface area contributed by atoms with Crippen molar-refractivity contribution in [3.63, 3.8) is 0 Å². The Kier molecular flexibility index (Phi) is 4.52. The summed E-state index contributed by atoms with van der Waals surface area (Å²) in [7, 11) is 0. The van der Waals surface area contributed by atoms with E-state index in [9.17, 15) is 43.9 Å². The number of rotatable bonds is 2. The first-order chi connectivity index (χ1) is 7.57. The van der Waals surface area contributed by atoms with Crippen LogP contribution in [0.5, 0.6) is 0 Å². The summed E-state index contributed by atoms with van der Waals surface area (Å²) < 4.78 is 120. The minimum absolute atomic E-state index is 3.14. The van der Waals surface area contributed by atoms with Crippen LogP contribution in [0.1, 0.15) is 0 Å². The molecule has 0 aliphatic carbocycles. The maximum absolute atomic E-state index is 12.4. The molecule has 0 aliphatic rings. The molecule has 0 bridgehead atoms. The van der Waals surface area contributed by atoms with Gasteiger partial charge in [0.15, 0.2) is 0 Å². The molecule has 0 fully saturated rings. The largest absolute Gasteiger partial charge is 0.459 e. The van der Waals surface area contributed by atoms with Crippen LogP contribution in [0.4, 0.5) is 43.9 Å². The van der Waals surface area contributed by atoms with Gasteiger partial charge in [0.1, 0.15) is 10.1 Å². The second kappa shape index (κ2) is 4.62. The number of hydrogen-bond donors (Lipinski definition) is 0.